The molecule has 0 fully saturated rings. The molecule has 0 saturated carbocycles. The highest BCUT2D eigenvalue weighted by atomic mass is 35.5. The molecular weight excluding hydrogens is 363 g/mol. The molecule has 1 aromatic carbocycles. The lowest BCUT2D eigenvalue weighted by Crippen LogP contribution is -2.21. The number of nitrogens with zero attached hydrogens (tertiary/aromatic N) is 1. The molecule has 0 unspecified atom stereocenters. The molecule has 0 heterocycles. The van der Waals surface area contributed by atoms with Crippen LogP contribution in [-0.4, -0.2) is 26.7 Å². The molecule has 1 rings (SSSR count). The van der Waals surface area contributed by atoms with Gasteiger partial charge in [0, 0.05) is 6.92 Å². The van der Waals surface area contributed by atoms with E-state index in [1.807, 2.05) is 4.83 Å². The number of hydrogen-bond donors (Lipinski definition) is 1. The zero-order chi connectivity index (χ0) is 16.2. The van der Waals surface area contributed by atoms with E-state index >= 15 is 0 Å². The molecule has 21 heavy (non-hydrogen) atoms. The van der Waals surface area contributed by atoms with Gasteiger partial charge in [-0.1, -0.05) is 34.8 Å². The topological polar surface area (TPSA) is 84.8 Å². The van der Waals surface area contributed by atoms with Crippen LogP contribution in [-0.2, 0) is 19.6 Å². The summed E-state index contributed by atoms with van der Waals surface area (Å²) in [5, 5.41) is 3.69. The number of esters is 1. The first-order valence-electron chi connectivity index (χ1n) is 5.46. The Morgan fingerprint density at radius 1 is 1.19 bits per heavy atom. The fraction of sp³-hybridized carbons (Fsp3) is 0.273. The second-order valence-corrected chi connectivity index (χ2v) is 6.77. The Bertz CT molecular complexity index is 689. The van der Waals surface area contributed by atoms with E-state index in [1.54, 1.807) is 0 Å². The Morgan fingerprint density at radius 3 is 2.33 bits per heavy atom. The van der Waals surface area contributed by atoms with Crippen LogP contribution in [0.1, 0.15) is 13.8 Å². The number of ether oxygens (including phenoxy) is 1. The molecule has 0 atom stereocenters. The first-order valence-corrected chi connectivity index (χ1v) is 8.08. The van der Waals surface area contributed by atoms with E-state index in [0.717, 1.165) is 6.07 Å². The Labute approximate surface area is 137 Å². The largest absolute Gasteiger partial charge is 0.460 e. The summed E-state index contributed by atoms with van der Waals surface area (Å²) >= 11 is 17.3. The second-order valence-electron chi connectivity index (χ2n) is 3.92. The van der Waals surface area contributed by atoms with Gasteiger partial charge in [-0.3, -0.25) is 4.79 Å². The molecule has 1 aromatic rings. The van der Waals surface area contributed by atoms with Gasteiger partial charge >= 0.3 is 5.97 Å². The number of carbonyl (C=O) groups is 1. The van der Waals surface area contributed by atoms with E-state index in [9.17, 15) is 13.2 Å². The molecule has 116 valence electrons. The van der Waals surface area contributed by atoms with Crippen molar-refractivity contribution in [3.8, 4) is 0 Å². The highest BCUT2D eigenvalue weighted by Gasteiger charge is 2.19. The number of hydrogen-bond acceptors (Lipinski definition) is 5. The van der Waals surface area contributed by atoms with Gasteiger partial charge in [-0.05, 0) is 19.1 Å². The molecule has 0 amide bonds. The second kappa shape index (κ2) is 7.31. The van der Waals surface area contributed by atoms with Gasteiger partial charge in [0.15, 0.2) is 0 Å². The number of hydrazone groups is 1. The van der Waals surface area contributed by atoms with Crippen molar-refractivity contribution in [1.29, 1.82) is 0 Å². The van der Waals surface area contributed by atoms with E-state index in [-0.39, 0.29) is 32.3 Å². The van der Waals surface area contributed by atoms with Crippen molar-refractivity contribution in [1.82, 2.24) is 4.83 Å². The number of sulfonamides is 1. The standard InChI is InChI=1S/C11H11Cl3N2O4S/c1-6(5-20-7(2)17)15-16-21(18,19)11-4-9(13)8(12)3-10(11)14/h3-4,16H,5H2,1-2H3. The van der Waals surface area contributed by atoms with E-state index < -0.39 is 16.0 Å². The first-order chi connectivity index (χ1) is 9.63. The van der Waals surface area contributed by atoms with Crippen LogP contribution in [0.15, 0.2) is 22.1 Å². The number of carbonyl (C=O) groups excluding carboxylic acids is 1. The molecule has 1 N–H and O–H groups in total. The number of nitrogens with one attached hydrogen (secondary N) is 1. The van der Waals surface area contributed by atoms with Crippen molar-refractivity contribution < 1.29 is 17.9 Å². The van der Waals surface area contributed by atoms with Crippen molar-refractivity contribution >= 4 is 56.5 Å². The van der Waals surface area contributed by atoms with E-state index in [4.69, 9.17) is 34.8 Å². The van der Waals surface area contributed by atoms with Crippen molar-refractivity contribution in [2.24, 2.45) is 5.10 Å². The summed E-state index contributed by atoms with van der Waals surface area (Å²) in [6, 6.07) is 2.33. The van der Waals surface area contributed by atoms with Gasteiger partial charge in [0.25, 0.3) is 10.0 Å². The van der Waals surface area contributed by atoms with Gasteiger partial charge in [0.2, 0.25) is 0 Å². The Kier molecular flexibility index (Phi) is 6.27. The minimum Gasteiger partial charge on any atom is -0.460 e. The Balaban J connectivity index is 2.95. The van der Waals surface area contributed by atoms with Gasteiger partial charge in [-0.25, -0.2) is 0 Å². The molecule has 0 spiro atoms. The number of rotatable bonds is 5. The minimum atomic E-state index is -4.02. The van der Waals surface area contributed by atoms with Crippen molar-refractivity contribution in [3.63, 3.8) is 0 Å². The van der Waals surface area contributed by atoms with Crippen LogP contribution in [0, 0.1) is 0 Å². The van der Waals surface area contributed by atoms with Crippen molar-refractivity contribution in [2.45, 2.75) is 18.7 Å². The lowest BCUT2D eigenvalue weighted by atomic mass is 10.4. The Morgan fingerprint density at radius 2 is 1.76 bits per heavy atom. The summed E-state index contributed by atoms with van der Waals surface area (Å²) < 4.78 is 28.8. The SMILES string of the molecule is CC(=O)OCC(C)=NNS(=O)(=O)c1cc(Cl)c(Cl)cc1Cl. The highest BCUT2D eigenvalue weighted by molar-refractivity contribution is 7.89. The zero-order valence-electron chi connectivity index (χ0n) is 11.0. The molecule has 0 bridgehead atoms. The van der Waals surface area contributed by atoms with Crippen LogP contribution < -0.4 is 4.83 Å². The summed E-state index contributed by atoms with van der Waals surface area (Å²) in [6.07, 6.45) is 0. The fourth-order valence-corrected chi connectivity index (χ4v) is 3.02. The summed E-state index contributed by atoms with van der Waals surface area (Å²) in [4.78, 5) is 12.3. The van der Waals surface area contributed by atoms with Crippen molar-refractivity contribution in [2.75, 3.05) is 6.61 Å². The lowest BCUT2D eigenvalue weighted by Gasteiger charge is -2.08. The number of benzene rings is 1. The third kappa shape index (κ3) is 5.35. The summed E-state index contributed by atoms with van der Waals surface area (Å²) in [7, 11) is -4.02. The van der Waals surface area contributed by atoms with E-state index in [0.29, 0.717) is 0 Å². The maximum absolute atomic E-state index is 12.0. The highest BCUT2D eigenvalue weighted by Crippen LogP contribution is 2.31. The molecule has 10 heteroatoms. The monoisotopic (exact) mass is 372 g/mol. The zero-order valence-corrected chi connectivity index (χ0v) is 14.1. The van der Waals surface area contributed by atoms with E-state index in [1.165, 1.54) is 19.9 Å². The summed E-state index contributed by atoms with van der Waals surface area (Å²) in [5.41, 5.74) is 0.255. The molecule has 0 aliphatic carbocycles. The van der Waals surface area contributed by atoms with Crippen LogP contribution in [0.5, 0.6) is 0 Å². The third-order valence-corrected chi connectivity index (χ3v) is 4.50. The van der Waals surface area contributed by atoms with Crippen LogP contribution >= 0.6 is 34.8 Å². The van der Waals surface area contributed by atoms with Crippen LogP contribution in [0.2, 0.25) is 15.1 Å². The average Bonchev–Trinajstić information content (AvgIpc) is 2.38. The van der Waals surface area contributed by atoms with Gasteiger partial charge < -0.3 is 4.74 Å². The molecule has 0 aliphatic rings. The smallest absolute Gasteiger partial charge is 0.303 e. The molecular formula is C11H11Cl3N2O4S. The molecule has 0 aliphatic heterocycles. The normalized spacial score (nSPS) is 12.1. The number of halogens is 3. The molecule has 0 radical (unpaired) electrons. The Hall–Kier alpha value is -1.02. The summed E-state index contributed by atoms with van der Waals surface area (Å²) in [6.45, 7) is 2.59. The maximum Gasteiger partial charge on any atom is 0.303 e. The van der Waals surface area contributed by atoms with Crippen LogP contribution in [0.25, 0.3) is 0 Å². The predicted molar refractivity (Wildman–Crippen MR) is 81.5 cm³/mol. The van der Waals surface area contributed by atoms with Gasteiger partial charge in [-0.2, -0.15) is 18.4 Å². The average molecular weight is 374 g/mol. The first kappa shape index (κ1) is 18.0. The van der Waals surface area contributed by atoms with Gasteiger partial charge in [0.05, 0.1) is 20.8 Å². The minimum absolute atomic E-state index is 0.0436. The summed E-state index contributed by atoms with van der Waals surface area (Å²) in [5.74, 6) is -0.500. The predicted octanol–water partition coefficient (Wildman–Crippen LogP) is 2.86. The molecule has 0 aromatic heterocycles. The van der Waals surface area contributed by atoms with E-state index in [2.05, 4.69) is 9.84 Å². The fourth-order valence-electron chi connectivity index (χ4n) is 1.14. The van der Waals surface area contributed by atoms with Crippen LogP contribution in [0.3, 0.4) is 0 Å². The quantitative estimate of drug-likeness (QED) is 0.372. The van der Waals surface area contributed by atoms with Crippen molar-refractivity contribution in [3.05, 3.63) is 27.2 Å². The molecule has 0 saturated heterocycles. The van der Waals surface area contributed by atoms with Gasteiger partial charge in [-0.15, -0.1) is 0 Å². The van der Waals surface area contributed by atoms with Crippen LogP contribution in [0.4, 0.5) is 0 Å². The van der Waals surface area contributed by atoms with Gasteiger partial charge in [0.1, 0.15) is 11.5 Å². The molecule has 6 nitrogen and oxygen atoms in total. The third-order valence-electron chi connectivity index (χ3n) is 2.11. The lowest BCUT2D eigenvalue weighted by molar-refractivity contribution is -0.139. The maximum atomic E-state index is 12.0.